The number of hydrogen-bond acceptors (Lipinski definition) is 5. The average Bonchev–Trinajstić information content (AvgIpc) is 2.81. The average molecular weight is 300 g/mol. The molecule has 1 N–H and O–H groups in total. The van der Waals surface area contributed by atoms with Crippen LogP contribution in [0.1, 0.15) is 32.0 Å². The van der Waals surface area contributed by atoms with Crippen LogP contribution in [0, 0.1) is 6.92 Å². The Bertz CT molecular complexity index is 596. The van der Waals surface area contributed by atoms with Gasteiger partial charge in [-0.15, -0.1) is 0 Å². The molecule has 1 aliphatic rings. The summed E-state index contributed by atoms with van der Waals surface area (Å²) in [7, 11) is -3.55. The number of sulfonamides is 1. The molecule has 8 heteroatoms. The van der Waals surface area contributed by atoms with Gasteiger partial charge in [0.1, 0.15) is 5.82 Å². The Labute approximate surface area is 119 Å². The maximum Gasteiger partial charge on any atom is 0.262 e. The third-order valence-corrected chi connectivity index (χ3v) is 5.23. The molecule has 0 bridgehead atoms. The van der Waals surface area contributed by atoms with Crippen LogP contribution in [0.3, 0.4) is 0 Å². The number of oxime groups is 1. The minimum absolute atomic E-state index is 0.104. The van der Waals surface area contributed by atoms with Crippen molar-refractivity contribution in [1.29, 1.82) is 0 Å². The first kappa shape index (κ1) is 15.0. The Morgan fingerprint density at radius 3 is 2.60 bits per heavy atom. The first-order chi connectivity index (χ1) is 9.48. The minimum Gasteiger partial charge on any atom is -0.411 e. The van der Waals surface area contributed by atoms with Crippen molar-refractivity contribution in [2.75, 3.05) is 13.1 Å². The van der Waals surface area contributed by atoms with Crippen LogP contribution in [0.5, 0.6) is 0 Å². The van der Waals surface area contributed by atoms with E-state index in [1.807, 2.05) is 11.5 Å². The van der Waals surface area contributed by atoms with Gasteiger partial charge in [0.25, 0.3) is 10.0 Å². The molecule has 20 heavy (non-hydrogen) atoms. The van der Waals surface area contributed by atoms with Crippen LogP contribution in [-0.4, -0.2) is 46.3 Å². The van der Waals surface area contributed by atoms with E-state index in [0.29, 0.717) is 37.5 Å². The summed E-state index contributed by atoms with van der Waals surface area (Å²) < 4.78 is 28.3. The molecule has 1 aromatic heterocycles. The minimum atomic E-state index is -3.55. The fourth-order valence-corrected chi connectivity index (χ4v) is 3.72. The number of imidazole rings is 1. The second-order valence-electron chi connectivity index (χ2n) is 4.89. The van der Waals surface area contributed by atoms with Gasteiger partial charge in [-0.05, 0) is 13.3 Å². The summed E-state index contributed by atoms with van der Waals surface area (Å²) in [5.41, 5.74) is 0.643. The summed E-state index contributed by atoms with van der Waals surface area (Å²) in [6.45, 7) is 5.27. The van der Waals surface area contributed by atoms with Gasteiger partial charge in [-0.2, -0.15) is 4.31 Å². The van der Waals surface area contributed by atoms with Gasteiger partial charge in [-0.25, -0.2) is 13.4 Å². The van der Waals surface area contributed by atoms with Gasteiger partial charge in [0.05, 0.1) is 5.71 Å². The zero-order valence-electron chi connectivity index (χ0n) is 11.8. The summed E-state index contributed by atoms with van der Waals surface area (Å²) >= 11 is 0. The van der Waals surface area contributed by atoms with Crippen molar-refractivity contribution in [2.45, 2.75) is 44.7 Å². The molecule has 0 atom stereocenters. The molecule has 1 aromatic rings. The number of nitrogens with zero attached hydrogens (tertiary/aromatic N) is 4. The van der Waals surface area contributed by atoms with E-state index in [-0.39, 0.29) is 5.03 Å². The summed E-state index contributed by atoms with van der Waals surface area (Å²) in [4.78, 5) is 4.17. The van der Waals surface area contributed by atoms with Crippen molar-refractivity contribution in [2.24, 2.45) is 5.16 Å². The van der Waals surface area contributed by atoms with Gasteiger partial charge in [0.15, 0.2) is 5.03 Å². The van der Waals surface area contributed by atoms with Gasteiger partial charge in [0.2, 0.25) is 0 Å². The lowest BCUT2D eigenvalue weighted by atomic mass is 10.1. The Hall–Kier alpha value is -1.41. The number of aromatic nitrogens is 2. The standard InChI is InChI=1S/C12H20N4O3S/c1-3-6-15-9-12(13-10(15)2)20(18,19)16-7-4-11(14-17)5-8-16/h9,17H,3-8H2,1-2H3. The molecule has 1 fully saturated rings. The predicted molar refractivity (Wildman–Crippen MR) is 74.5 cm³/mol. The molecular formula is C12H20N4O3S. The Morgan fingerprint density at radius 1 is 1.40 bits per heavy atom. The van der Waals surface area contributed by atoms with E-state index in [1.165, 1.54) is 4.31 Å². The fraction of sp³-hybridized carbons (Fsp3) is 0.667. The molecule has 0 aromatic carbocycles. The molecule has 2 heterocycles. The van der Waals surface area contributed by atoms with Crippen molar-refractivity contribution < 1.29 is 13.6 Å². The van der Waals surface area contributed by atoms with Gasteiger partial charge < -0.3 is 9.77 Å². The van der Waals surface area contributed by atoms with Crippen LogP contribution in [0.15, 0.2) is 16.4 Å². The van der Waals surface area contributed by atoms with E-state index in [1.54, 1.807) is 13.1 Å². The quantitative estimate of drug-likeness (QED) is 0.669. The van der Waals surface area contributed by atoms with Gasteiger partial charge in [0, 0.05) is 38.7 Å². The highest BCUT2D eigenvalue weighted by Crippen LogP contribution is 2.19. The van der Waals surface area contributed by atoms with Crippen molar-refractivity contribution in [3.63, 3.8) is 0 Å². The zero-order chi connectivity index (χ0) is 14.8. The Balaban J connectivity index is 2.20. The molecule has 0 aliphatic carbocycles. The predicted octanol–water partition coefficient (Wildman–Crippen LogP) is 1.22. The lowest BCUT2D eigenvalue weighted by molar-refractivity contribution is 0.309. The molecule has 0 unspecified atom stereocenters. The fourth-order valence-electron chi connectivity index (χ4n) is 2.29. The number of hydrogen-bond donors (Lipinski definition) is 1. The molecule has 2 rings (SSSR count). The SMILES string of the molecule is CCCn1cc(S(=O)(=O)N2CCC(=NO)CC2)nc1C. The number of rotatable bonds is 4. The van der Waals surface area contributed by atoms with E-state index in [0.717, 1.165) is 13.0 Å². The van der Waals surface area contributed by atoms with Crippen LogP contribution < -0.4 is 0 Å². The summed E-state index contributed by atoms with van der Waals surface area (Å²) in [6.07, 6.45) is 3.45. The van der Waals surface area contributed by atoms with Gasteiger partial charge >= 0.3 is 0 Å². The van der Waals surface area contributed by atoms with E-state index < -0.39 is 10.0 Å². The van der Waals surface area contributed by atoms with E-state index in [4.69, 9.17) is 5.21 Å². The van der Waals surface area contributed by atoms with E-state index >= 15 is 0 Å². The van der Waals surface area contributed by atoms with Crippen LogP contribution in [0.25, 0.3) is 0 Å². The van der Waals surface area contributed by atoms with E-state index in [9.17, 15) is 8.42 Å². The highest BCUT2D eigenvalue weighted by atomic mass is 32.2. The maximum absolute atomic E-state index is 12.5. The normalized spacial score (nSPS) is 17.4. The molecule has 0 radical (unpaired) electrons. The zero-order valence-corrected chi connectivity index (χ0v) is 12.6. The lowest BCUT2D eigenvalue weighted by Crippen LogP contribution is -2.38. The first-order valence-electron chi connectivity index (χ1n) is 6.72. The molecule has 0 amide bonds. The smallest absolute Gasteiger partial charge is 0.262 e. The van der Waals surface area contributed by atoms with Crippen molar-refractivity contribution in [1.82, 2.24) is 13.9 Å². The molecule has 112 valence electrons. The second-order valence-corrected chi connectivity index (χ2v) is 6.77. The largest absolute Gasteiger partial charge is 0.411 e. The third-order valence-electron chi connectivity index (χ3n) is 3.46. The van der Waals surface area contributed by atoms with Crippen LogP contribution >= 0.6 is 0 Å². The van der Waals surface area contributed by atoms with Crippen LogP contribution in [-0.2, 0) is 16.6 Å². The van der Waals surface area contributed by atoms with Crippen molar-refractivity contribution >= 4 is 15.7 Å². The van der Waals surface area contributed by atoms with Crippen LogP contribution in [0.4, 0.5) is 0 Å². The van der Waals surface area contributed by atoms with Gasteiger partial charge in [-0.3, -0.25) is 0 Å². The van der Waals surface area contributed by atoms with Crippen molar-refractivity contribution in [3.8, 4) is 0 Å². The molecule has 1 aliphatic heterocycles. The number of aryl methyl sites for hydroxylation is 2. The highest BCUT2D eigenvalue weighted by molar-refractivity contribution is 7.89. The Kier molecular flexibility index (Phi) is 4.44. The summed E-state index contributed by atoms with van der Waals surface area (Å²) in [5, 5.41) is 12.0. The summed E-state index contributed by atoms with van der Waals surface area (Å²) in [5.74, 6) is 0.708. The van der Waals surface area contributed by atoms with E-state index in [2.05, 4.69) is 10.1 Å². The molecular weight excluding hydrogens is 280 g/mol. The third kappa shape index (κ3) is 2.85. The summed E-state index contributed by atoms with van der Waals surface area (Å²) in [6, 6.07) is 0. The molecule has 0 spiro atoms. The highest BCUT2D eigenvalue weighted by Gasteiger charge is 2.30. The molecule has 0 saturated carbocycles. The first-order valence-corrected chi connectivity index (χ1v) is 8.16. The molecule has 7 nitrogen and oxygen atoms in total. The van der Waals surface area contributed by atoms with Gasteiger partial charge in [-0.1, -0.05) is 12.1 Å². The lowest BCUT2D eigenvalue weighted by Gasteiger charge is -2.25. The topological polar surface area (TPSA) is 87.8 Å². The second kappa shape index (κ2) is 5.92. The van der Waals surface area contributed by atoms with Crippen LogP contribution in [0.2, 0.25) is 0 Å². The molecule has 1 saturated heterocycles. The Morgan fingerprint density at radius 2 is 2.05 bits per heavy atom. The number of piperidine rings is 1. The maximum atomic E-state index is 12.5. The van der Waals surface area contributed by atoms with Crippen molar-refractivity contribution in [3.05, 3.63) is 12.0 Å². The monoisotopic (exact) mass is 300 g/mol.